The van der Waals surface area contributed by atoms with Crippen molar-refractivity contribution in [3.63, 3.8) is 0 Å². The van der Waals surface area contributed by atoms with Gasteiger partial charge in [0.25, 0.3) is 0 Å². The number of likely N-dealkylation sites (tertiary alicyclic amines) is 1. The van der Waals surface area contributed by atoms with Crippen molar-refractivity contribution >= 4 is 0 Å². The summed E-state index contributed by atoms with van der Waals surface area (Å²) in [4.78, 5) is 2.36. The maximum Gasteiger partial charge on any atom is 0.118 e. The molecule has 1 aliphatic heterocycles. The Labute approximate surface area is 109 Å². The van der Waals surface area contributed by atoms with Crippen LogP contribution in [0.1, 0.15) is 29.9 Å². The fourth-order valence-electron chi connectivity index (χ4n) is 2.35. The van der Waals surface area contributed by atoms with Gasteiger partial charge in [-0.1, -0.05) is 0 Å². The number of hydrogen-bond acceptors (Lipinski definition) is 4. The molecule has 0 saturated carbocycles. The van der Waals surface area contributed by atoms with Crippen molar-refractivity contribution in [1.29, 1.82) is 0 Å². The summed E-state index contributed by atoms with van der Waals surface area (Å²) < 4.78 is 11.6. The average Bonchev–Trinajstić information content (AvgIpc) is 2.70. The number of nitrogens with one attached hydrogen (secondary N) is 1. The van der Waals surface area contributed by atoms with Gasteiger partial charge in [-0.25, -0.2) is 0 Å². The Morgan fingerprint density at radius 1 is 1.44 bits per heavy atom. The Balaban J connectivity index is 1.82. The van der Waals surface area contributed by atoms with E-state index in [4.69, 9.17) is 9.15 Å². The van der Waals surface area contributed by atoms with Crippen LogP contribution < -0.4 is 5.32 Å². The first-order valence-electron chi connectivity index (χ1n) is 6.72. The summed E-state index contributed by atoms with van der Waals surface area (Å²) in [6.45, 7) is 5.73. The second-order valence-electron chi connectivity index (χ2n) is 5.14. The van der Waals surface area contributed by atoms with E-state index >= 15 is 0 Å². The monoisotopic (exact) mass is 252 g/mol. The number of hydrogen-bond donors (Lipinski definition) is 1. The van der Waals surface area contributed by atoms with Gasteiger partial charge in [0.2, 0.25) is 0 Å². The number of piperidine rings is 1. The van der Waals surface area contributed by atoms with E-state index < -0.39 is 0 Å². The fraction of sp³-hybridized carbons (Fsp3) is 0.714. The smallest absolute Gasteiger partial charge is 0.118 e. The molecule has 0 atom stereocenters. The van der Waals surface area contributed by atoms with E-state index in [1.807, 2.05) is 14.0 Å². The molecule has 2 heterocycles. The van der Waals surface area contributed by atoms with E-state index in [1.165, 1.54) is 5.56 Å². The third-order valence-corrected chi connectivity index (χ3v) is 3.56. The van der Waals surface area contributed by atoms with Gasteiger partial charge in [0.05, 0.1) is 19.3 Å². The Kier molecular flexibility index (Phi) is 4.80. The van der Waals surface area contributed by atoms with Crippen molar-refractivity contribution in [1.82, 2.24) is 10.2 Å². The first-order chi connectivity index (χ1) is 8.69. The normalized spacial score (nSPS) is 18.4. The summed E-state index contributed by atoms with van der Waals surface area (Å²) in [5, 5.41) is 3.09. The average molecular weight is 252 g/mol. The molecule has 102 valence electrons. The highest BCUT2D eigenvalue weighted by Crippen LogP contribution is 2.19. The first kappa shape index (κ1) is 13.6. The summed E-state index contributed by atoms with van der Waals surface area (Å²) in [7, 11) is 4.09. The predicted octanol–water partition coefficient (Wildman–Crippen LogP) is 1.92. The van der Waals surface area contributed by atoms with Gasteiger partial charge in [-0.2, -0.15) is 0 Å². The largest absolute Gasteiger partial charge is 0.465 e. The minimum atomic E-state index is 0.406. The molecule has 18 heavy (non-hydrogen) atoms. The summed E-state index contributed by atoms with van der Waals surface area (Å²) in [5.41, 5.74) is 1.18. The van der Waals surface area contributed by atoms with Crippen molar-refractivity contribution in [2.75, 3.05) is 27.2 Å². The van der Waals surface area contributed by atoms with E-state index in [0.29, 0.717) is 12.7 Å². The van der Waals surface area contributed by atoms with Crippen molar-refractivity contribution in [3.05, 3.63) is 23.2 Å². The fourth-order valence-corrected chi connectivity index (χ4v) is 2.35. The second kappa shape index (κ2) is 6.36. The highest BCUT2D eigenvalue weighted by atomic mass is 16.5. The molecular weight excluding hydrogens is 228 g/mol. The number of nitrogens with zero attached hydrogens (tertiary/aromatic N) is 1. The molecule has 1 aromatic rings. The molecule has 0 bridgehead atoms. The van der Waals surface area contributed by atoms with Crippen molar-refractivity contribution in [2.45, 2.75) is 39.0 Å². The lowest BCUT2D eigenvalue weighted by molar-refractivity contribution is 0.00171. The number of ether oxygens (including phenoxy) is 1. The lowest BCUT2D eigenvalue weighted by Crippen LogP contribution is -2.34. The van der Waals surface area contributed by atoms with E-state index in [2.05, 4.69) is 23.3 Å². The molecular formula is C14H24N2O2. The molecule has 1 aliphatic rings. The molecule has 0 unspecified atom stereocenters. The standard InChI is InChI=1S/C14H24N2O2/c1-11-12(8-14(18-11)9-15-2)10-17-13-4-6-16(3)7-5-13/h8,13,15H,4-7,9-10H2,1-3H3. The molecule has 1 saturated heterocycles. The Morgan fingerprint density at radius 2 is 2.17 bits per heavy atom. The SMILES string of the molecule is CNCc1cc(COC2CCN(C)CC2)c(C)o1. The number of furan rings is 1. The van der Waals surface area contributed by atoms with Crippen molar-refractivity contribution in [3.8, 4) is 0 Å². The second-order valence-corrected chi connectivity index (χ2v) is 5.14. The maximum atomic E-state index is 5.98. The Morgan fingerprint density at radius 3 is 2.83 bits per heavy atom. The first-order valence-corrected chi connectivity index (χ1v) is 6.72. The molecule has 0 radical (unpaired) electrons. The van der Waals surface area contributed by atoms with Crippen LogP contribution in [-0.4, -0.2) is 38.2 Å². The molecule has 1 N–H and O–H groups in total. The molecule has 1 fully saturated rings. The highest BCUT2D eigenvalue weighted by molar-refractivity contribution is 5.19. The van der Waals surface area contributed by atoms with Crippen molar-refractivity contribution < 1.29 is 9.15 Å². The molecule has 4 heteroatoms. The third-order valence-electron chi connectivity index (χ3n) is 3.56. The van der Waals surface area contributed by atoms with Crippen molar-refractivity contribution in [2.24, 2.45) is 0 Å². The maximum absolute atomic E-state index is 5.98. The van der Waals surface area contributed by atoms with Crippen LogP contribution in [0, 0.1) is 6.92 Å². The van der Waals surface area contributed by atoms with Crippen LogP contribution in [0.2, 0.25) is 0 Å². The Hall–Kier alpha value is -0.840. The zero-order chi connectivity index (χ0) is 13.0. The minimum Gasteiger partial charge on any atom is -0.465 e. The van der Waals surface area contributed by atoms with Gasteiger partial charge >= 0.3 is 0 Å². The summed E-state index contributed by atoms with van der Waals surface area (Å²) in [5.74, 6) is 1.96. The van der Waals surface area contributed by atoms with Gasteiger partial charge in [0.1, 0.15) is 11.5 Å². The minimum absolute atomic E-state index is 0.406. The molecule has 0 aromatic carbocycles. The topological polar surface area (TPSA) is 37.6 Å². The van der Waals surface area contributed by atoms with Crippen LogP contribution in [0.3, 0.4) is 0 Å². The summed E-state index contributed by atoms with van der Waals surface area (Å²) in [6.07, 6.45) is 2.68. The van der Waals surface area contributed by atoms with E-state index in [-0.39, 0.29) is 0 Å². The molecule has 0 aliphatic carbocycles. The predicted molar refractivity (Wildman–Crippen MR) is 71.5 cm³/mol. The lowest BCUT2D eigenvalue weighted by atomic mass is 10.1. The number of aryl methyl sites for hydroxylation is 1. The molecule has 4 nitrogen and oxygen atoms in total. The molecule has 2 rings (SSSR count). The third kappa shape index (κ3) is 3.57. The molecule has 1 aromatic heterocycles. The lowest BCUT2D eigenvalue weighted by Gasteiger charge is -2.28. The van der Waals surface area contributed by atoms with Crippen LogP contribution in [0.4, 0.5) is 0 Å². The van der Waals surface area contributed by atoms with Crippen LogP contribution in [-0.2, 0) is 17.9 Å². The van der Waals surface area contributed by atoms with Gasteiger partial charge in [0.15, 0.2) is 0 Å². The van der Waals surface area contributed by atoms with Crippen LogP contribution >= 0.6 is 0 Å². The van der Waals surface area contributed by atoms with Gasteiger partial charge in [-0.15, -0.1) is 0 Å². The van der Waals surface area contributed by atoms with Crippen LogP contribution in [0.25, 0.3) is 0 Å². The van der Waals surface area contributed by atoms with E-state index in [9.17, 15) is 0 Å². The number of rotatable bonds is 5. The van der Waals surface area contributed by atoms with Gasteiger partial charge < -0.3 is 19.4 Å². The zero-order valence-corrected chi connectivity index (χ0v) is 11.7. The van der Waals surface area contributed by atoms with E-state index in [0.717, 1.165) is 44.0 Å². The van der Waals surface area contributed by atoms with Crippen LogP contribution in [0.15, 0.2) is 10.5 Å². The molecule has 0 amide bonds. The Bertz CT molecular complexity index is 368. The summed E-state index contributed by atoms with van der Waals surface area (Å²) >= 11 is 0. The highest BCUT2D eigenvalue weighted by Gasteiger charge is 2.17. The quantitative estimate of drug-likeness (QED) is 0.869. The zero-order valence-electron chi connectivity index (χ0n) is 11.7. The van der Waals surface area contributed by atoms with Crippen LogP contribution in [0.5, 0.6) is 0 Å². The molecule has 0 spiro atoms. The summed E-state index contributed by atoms with van der Waals surface area (Å²) in [6, 6.07) is 2.10. The van der Waals surface area contributed by atoms with Gasteiger partial charge in [-0.3, -0.25) is 0 Å². The van der Waals surface area contributed by atoms with Gasteiger partial charge in [0, 0.05) is 18.7 Å². The van der Waals surface area contributed by atoms with Gasteiger partial charge in [-0.05, 0) is 39.9 Å². The van der Waals surface area contributed by atoms with E-state index in [1.54, 1.807) is 0 Å².